The molecule has 96 valence electrons. The molecule has 0 heterocycles. The summed E-state index contributed by atoms with van der Waals surface area (Å²) in [6.45, 7) is 8.08. The van der Waals surface area contributed by atoms with Gasteiger partial charge in [0, 0.05) is 18.5 Å². The molecule has 0 spiro atoms. The Kier molecular flexibility index (Phi) is 5.93. The lowest BCUT2D eigenvalue weighted by Gasteiger charge is -2.27. The minimum Gasteiger partial charge on any atom is -0.297 e. The highest BCUT2D eigenvalue weighted by atomic mass is 35.5. The standard InChI is InChI=1S/C14H21ClFN/c1-11(2)17(8-4-7-15)10-13-9-14(16)6-5-12(13)3/h5-6,9,11H,4,7-8,10H2,1-3H3. The molecule has 0 N–H and O–H groups in total. The summed E-state index contributed by atoms with van der Waals surface area (Å²) in [5.74, 6) is 0.511. The Bertz CT molecular complexity index is 352. The Balaban J connectivity index is 2.74. The van der Waals surface area contributed by atoms with E-state index in [-0.39, 0.29) is 5.82 Å². The number of hydrogen-bond acceptors (Lipinski definition) is 1. The van der Waals surface area contributed by atoms with Crippen molar-refractivity contribution in [1.29, 1.82) is 0 Å². The van der Waals surface area contributed by atoms with E-state index in [0.717, 1.165) is 30.6 Å². The van der Waals surface area contributed by atoms with Crippen LogP contribution in [-0.2, 0) is 6.54 Å². The summed E-state index contributed by atoms with van der Waals surface area (Å²) in [5.41, 5.74) is 2.20. The van der Waals surface area contributed by atoms with Crippen LogP contribution in [0.15, 0.2) is 18.2 Å². The van der Waals surface area contributed by atoms with Gasteiger partial charge in [-0.1, -0.05) is 6.07 Å². The quantitative estimate of drug-likeness (QED) is 0.697. The summed E-state index contributed by atoms with van der Waals surface area (Å²) in [6.07, 6.45) is 0.966. The average Bonchev–Trinajstić information content (AvgIpc) is 2.28. The van der Waals surface area contributed by atoms with Gasteiger partial charge in [0.1, 0.15) is 5.82 Å². The van der Waals surface area contributed by atoms with Crippen LogP contribution in [-0.4, -0.2) is 23.4 Å². The molecule has 0 saturated carbocycles. The van der Waals surface area contributed by atoms with Crippen LogP contribution in [0.2, 0.25) is 0 Å². The van der Waals surface area contributed by atoms with E-state index in [1.807, 2.05) is 13.0 Å². The molecule has 1 aromatic rings. The van der Waals surface area contributed by atoms with Crippen molar-refractivity contribution >= 4 is 11.6 Å². The molecule has 0 fully saturated rings. The maximum atomic E-state index is 13.2. The smallest absolute Gasteiger partial charge is 0.123 e. The monoisotopic (exact) mass is 257 g/mol. The van der Waals surface area contributed by atoms with Crippen molar-refractivity contribution in [3.8, 4) is 0 Å². The number of halogens is 2. The highest BCUT2D eigenvalue weighted by Crippen LogP contribution is 2.15. The highest BCUT2D eigenvalue weighted by molar-refractivity contribution is 6.17. The van der Waals surface area contributed by atoms with Gasteiger partial charge in [0.2, 0.25) is 0 Å². The normalized spacial score (nSPS) is 11.5. The van der Waals surface area contributed by atoms with Gasteiger partial charge in [-0.25, -0.2) is 4.39 Å². The second kappa shape index (κ2) is 6.97. The van der Waals surface area contributed by atoms with Crippen LogP contribution in [0.3, 0.4) is 0 Å². The van der Waals surface area contributed by atoms with Gasteiger partial charge in [-0.15, -0.1) is 11.6 Å². The van der Waals surface area contributed by atoms with Crippen molar-refractivity contribution in [2.24, 2.45) is 0 Å². The molecule has 0 atom stereocenters. The topological polar surface area (TPSA) is 3.24 Å². The van der Waals surface area contributed by atoms with E-state index >= 15 is 0 Å². The van der Waals surface area contributed by atoms with Crippen LogP contribution < -0.4 is 0 Å². The summed E-state index contributed by atoms with van der Waals surface area (Å²) in [6, 6.07) is 5.42. The fourth-order valence-electron chi connectivity index (χ4n) is 1.81. The first kappa shape index (κ1) is 14.5. The zero-order valence-electron chi connectivity index (χ0n) is 10.8. The van der Waals surface area contributed by atoms with Crippen molar-refractivity contribution in [3.63, 3.8) is 0 Å². The molecule has 0 aliphatic rings. The van der Waals surface area contributed by atoms with Crippen LogP contribution in [0.1, 0.15) is 31.4 Å². The summed E-state index contributed by atoms with van der Waals surface area (Å²) >= 11 is 5.72. The number of rotatable bonds is 6. The van der Waals surface area contributed by atoms with Gasteiger partial charge < -0.3 is 0 Å². The van der Waals surface area contributed by atoms with E-state index in [2.05, 4.69) is 18.7 Å². The largest absolute Gasteiger partial charge is 0.297 e. The first-order valence-corrected chi connectivity index (χ1v) is 6.63. The fraction of sp³-hybridized carbons (Fsp3) is 0.571. The van der Waals surface area contributed by atoms with E-state index in [1.165, 1.54) is 6.07 Å². The number of aryl methyl sites for hydroxylation is 1. The molecular weight excluding hydrogens is 237 g/mol. The summed E-state index contributed by atoms with van der Waals surface area (Å²) in [7, 11) is 0. The highest BCUT2D eigenvalue weighted by Gasteiger charge is 2.11. The summed E-state index contributed by atoms with van der Waals surface area (Å²) in [4.78, 5) is 2.32. The molecule has 0 saturated heterocycles. The Morgan fingerprint density at radius 3 is 2.65 bits per heavy atom. The first-order valence-electron chi connectivity index (χ1n) is 6.09. The third-order valence-corrected chi connectivity index (χ3v) is 3.26. The van der Waals surface area contributed by atoms with Gasteiger partial charge in [-0.3, -0.25) is 4.90 Å². The molecule has 17 heavy (non-hydrogen) atoms. The number of hydrogen-bond donors (Lipinski definition) is 0. The molecule has 0 bridgehead atoms. The van der Waals surface area contributed by atoms with Crippen molar-refractivity contribution in [3.05, 3.63) is 35.1 Å². The Morgan fingerprint density at radius 1 is 1.35 bits per heavy atom. The van der Waals surface area contributed by atoms with Gasteiger partial charge in [0.15, 0.2) is 0 Å². The maximum Gasteiger partial charge on any atom is 0.123 e. The van der Waals surface area contributed by atoms with E-state index in [4.69, 9.17) is 11.6 Å². The number of nitrogens with zero attached hydrogens (tertiary/aromatic N) is 1. The lowest BCUT2D eigenvalue weighted by molar-refractivity contribution is 0.213. The van der Waals surface area contributed by atoms with Crippen LogP contribution in [0.5, 0.6) is 0 Å². The lowest BCUT2D eigenvalue weighted by atomic mass is 10.1. The SMILES string of the molecule is Cc1ccc(F)cc1CN(CCCCl)C(C)C. The van der Waals surface area contributed by atoms with Crippen molar-refractivity contribution < 1.29 is 4.39 Å². The molecule has 3 heteroatoms. The average molecular weight is 258 g/mol. The van der Waals surface area contributed by atoms with Gasteiger partial charge in [-0.2, -0.15) is 0 Å². The van der Waals surface area contributed by atoms with Gasteiger partial charge >= 0.3 is 0 Å². The lowest BCUT2D eigenvalue weighted by Crippen LogP contribution is -2.31. The maximum absolute atomic E-state index is 13.2. The van der Waals surface area contributed by atoms with Gasteiger partial charge in [-0.05, 0) is 57.0 Å². The second-order valence-electron chi connectivity index (χ2n) is 4.68. The molecular formula is C14H21ClFN. The predicted octanol–water partition coefficient (Wildman–Crippen LogP) is 3.97. The Hall–Kier alpha value is -0.600. The van der Waals surface area contributed by atoms with Crippen LogP contribution >= 0.6 is 11.6 Å². The second-order valence-corrected chi connectivity index (χ2v) is 5.06. The summed E-state index contributed by atoms with van der Waals surface area (Å²) < 4.78 is 13.2. The Morgan fingerprint density at radius 2 is 2.06 bits per heavy atom. The van der Waals surface area contributed by atoms with E-state index < -0.39 is 0 Å². The van der Waals surface area contributed by atoms with Crippen molar-refractivity contribution in [1.82, 2.24) is 4.90 Å². The molecule has 1 nitrogen and oxygen atoms in total. The van der Waals surface area contributed by atoms with Crippen LogP contribution in [0.4, 0.5) is 4.39 Å². The van der Waals surface area contributed by atoms with Gasteiger partial charge in [0.05, 0.1) is 0 Å². The number of alkyl halides is 1. The van der Waals surface area contributed by atoms with E-state index in [9.17, 15) is 4.39 Å². The Labute approximate surface area is 109 Å². The zero-order chi connectivity index (χ0) is 12.8. The van der Waals surface area contributed by atoms with Gasteiger partial charge in [0.25, 0.3) is 0 Å². The van der Waals surface area contributed by atoms with Crippen molar-refractivity contribution in [2.45, 2.75) is 39.8 Å². The van der Waals surface area contributed by atoms with E-state index in [1.54, 1.807) is 6.07 Å². The molecule has 0 aliphatic heterocycles. The molecule has 0 amide bonds. The summed E-state index contributed by atoms with van der Waals surface area (Å²) in [5, 5.41) is 0. The minimum atomic E-state index is -0.161. The molecule has 0 aromatic heterocycles. The number of benzene rings is 1. The molecule has 1 rings (SSSR count). The molecule has 0 radical (unpaired) electrons. The molecule has 1 aromatic carbocycles. The molecule has 0 aliphatic carbocycles. The van der Waals surface area contributed by atoms with Crippen LogP contribution in [0, 0.1) is 12.7 Å². The van der Waals surface area contributed by atoms with E-state index in [0.29, 0.717) is 11.9 Å². The fourth-order valence-corrected chi connectivity index (χ4v) is 1.93. The predicted molar refractivity (Wildman–Crippen MR) is 72.0 cm³/mol. The third-order valence-electron chi connectivity index (χ3n) is 2.99. The third kappa shape index (κ3) is 4.64. The minimum absolute atomic E-state index is 0.161. The molecule has 0 unspecified atom stereocenters. The zero-order valence-corrected chi connectivity index (χ0v) is 11.6. The first-order chi connectivity index (χ1) is 8.04. The van der Waals surface area contributed by atoms with Crippen LogP contribution in [0.25, 0.3) is 0 Å². The van der Waals surface area contributed by atoms with Crippen molar-refractivity contribution in [2.75, 3.05) is 12.4 Å².